The summed E-state index contributed by atoms with van der Waals surface area (Å²) in [4.78, 5) is 26.2. The van der Waals surface area contributed by atoms with Gasteiger partial charge in [-0.2, -0.15) is 0 Å². The van der Waals surface area contributed by atoms with Gasteiger partial charge in [0.25, 0.3) is 5.91 Å². The van der Waals surface area contributed by atoms with Gasteiger partial charge in [-0.15, -0.1) is 0 Å². The van der Waals surface area contributed by atoms with Crippen LogP contribution < -0.4 is 4.90 Å². The fourth-order valence-electron chi connectivity index (χ4n) is 2.98. The number of hydrogen-bond donors (Lipinski definition) is 0. The van der Waals surface area contributed by atoms with Crippen molar-refractivity contribution < 1.29 is 14.3 Å². The van der Waals surface area contributed by atoms with Gasteiger partial charge < -0.3 is 9.64 Å². The largest absolute Gasteiger partial charge is 0.468 e. The van der Waals surface area contributed by atoms with Crippen molar-refractivity contribution in [3.05, 3.63) is 41.5 Å². The zero-order valence-electron chi connectivity index (χ0n) is 11.5. The first-order chi connectivity index (χ1) is 9.72. The summed E-state index contributed by atoms with van der Waals surface area (Å²) in [6.07, 6.45) is 4.85. The Labute approximate surface area is 118 Å². The molecule has 3 rings (SSSR count). The molecular weight excluding hydrogens is 254 g/mol. The topological polar surface area (TPSA) is 46.6 Å². The van der Waals surface area contributed by atoms with Crippen LogP contribution in [-0.2, 0) is 14.3 Å². The van der Waals surface area contributed by atoms with Gasteiger partial charge >= 0.3 is 5.97 Å². The van der Waals surface area contributed by atoms with E-state index in [-0.39, 0.29) is 17.8 Å². The minimum atomic E-state index is -0.373. The van der Waals surface area contributed by atoms with Crippen LogP contribution in [0, 0.1) is 0 Å². The molecule has 1 atom stereocenters. The molecule has 4 nitrogen and oxygen atoms in total. The number of rotatable bonds is 2. The summed E-state index contributed by atoms with van der Waals surface area (Å²) < 4.78 is 4.85. The van der Waals surface area contributed by atoms with E-state index < -0.39 is 0 Å². The number of carbonyl (C=O) groups is 2. The molecule has 1 aliphatic heterocycles. The Bertz CT molecular complexity index is 591. The van der Waals surface area contributed by atoms with Gasteiger partial charge in [0.15, 0.2) is 0 Å². The Kier molecular flexibility index (Phi) is 3.30. The molecule has 0 saturated carbocycles. The summed E-state index contributed by atoms with van der Waals surface area (Å²) in [6.45, 7) is 0.377. The molecule has 1 amide bonds. The summed E-state index contributed by atoms with van der Waals surface area (Å²) in [6, 6.07) is 7.57. The van der Waals surface area contributed by atoms with Crippen molar-refractivity contribution in [2.24, 2.45) is 0 Å². The lowest BCUT2D eigenvalue weighted by molar-refractivity contribution is -0.142. The predicted molar refractivity (Wildman–Crippen MR) is 75.5 cm³/mol. The van der Waals surface area contributed by atoms with E-state index in [1.165, 1.54) is 7.11 Å². The molecule has 1 aromatic rings. The van der Waals surface area contributed by atoms with Crippen LogP contribution >= 0.6 is 0 Å². The molecule has 4 heteroatoms. The molecule has 1 aliphatic carbocycles. The Morgan fingerprint density at radius 1 is 1.30 bits per heavy atom. The summed E-state index contributed by atoms with van der Waals surface area (Å²) in [5.41, 5.74) is 2.58. The number of para-hydroxylation sites is 1. The van der Waals surface area contributed by atoms with Gasteiger partial charge in [-0.25, -0.2) is 0 Å². The minimum absolute atomic E-state index is 0.0290. The molecule has 0 unspecified atom stereocenters. The highest BCUT2D eigenvalue weighted by molar-refractivity contribution is 6.08. The van der Waals surface area contributed by atoms with E-state index in [0.717, 1.165) is 36.1 Å². The Morgan fingerprint density at radius 2 is 2.10 bits per heavy atom. The average Bonchev–Trinajstić information content (AvgIpc) is 3.13. The van der Waals surface area contributed by atoms with E-state index >= 15 is 0 Å². The van der Waals surface area contributed by atoms with Gasteiger partial charge in [0.05, 0.1) is 7.11 Å². The van der Waals surface area contributed by atoms with E-state index in [2.05, 4.69) is 0 Å². The zero-order chi connectivity index (χ0) is 14.1. The number of ether oxygens (including phenoxy) is 1. The van der Waals surface area contributed by atoms with E-state index in [4.69, 9.17) is 4.74 Å². The molecule has 2 aliphatic rings. The van der Waals surface area contributed by atoms with Gasteiger partial charge in [-0.3, -0.25) is 9.59 Å². The maximum Gasteiger partial charge on any atom is 0.315 e. The Hall–Kier alpha value is -2.10. The van der Waals surface area contributed by atoms with E-state index in [0.29, 0.717) is 6.54 Å². The zero-order valence-corrected chi connectivity index (χ0v) is 11.5. The quantitative estimate of drug-likeness (QED) is 0.776. The standard InChI is InChI=1S/C16H17NO3/c1-20-16(19)13-10-17(14-9-5-4-8-12(13)14)15(18)11-6-2-3-7-11/h4-6,8-9,13H,2-3,7,10H2,1H3/t13-/m1/s1. The van der Waals surface area contributed by atoms with Crippen LogP contribution in [0.2, 0.25) is 0 Å². The number of allylic oxidation sites excluding steroid dienone is 1. The summed E-state index contributed by atoms with van der Waals surface area (Å²) in [5.74, 6) is -0.628. The van der Waals surface area contributed by atoms with Gasteiger partial charge in [-0.05, 0) is 30.9 Å². The molecule has 0 saturated heterocycles. The van der Waals surface area contributed by atoms with Crippen molar-refractivity contribution in [1.29, 1.82) is 0 Å². The second kappa shape index (κ2) is 5.12. The molecule has 20 heavy (non-hydrogen) atoms. The highest BCUT2D eigenvalue weighted by atomic mass is 16.5. The maximum atomic E-state index is 12.6. The molecule has 1 aromatic carbocycles. The number of amides is 1. The summed E-state index contributed by atoms with van der Waals surface area (Å²) in [5, 5.41) is 0. The monoisotopic (exact) mass is 271 g/mol. The smallest absolute Gasteiger partial charge is 0.315 e. The molecule has 0 N–H and O–H groups in total. The molecule has 1 heterocycles. The average molecular weight is 271 g/mol. The van der Waals surface area contributed by atoms with Crippen molar-refractivity contribution in [2.75, 3.05) is 18.6 Å². The highest BCUT2D eigenvalue weighted by Crippen LogP contribution is 2.38. The van der Waals surface area contributed by atoms with Gasteiger partial charge in [0, 0.05) is 17.8 Å². The number of esters is 1. The second-order valence-corrected chi connectivity index (χ2v) is 5.17. The van der Waals surface area contributed by atoms with Gasteiger partial charge in [-0.1, -0.05) is 24.3 Å². The van der Waals surface area contributed by atoms with Crippen LogP contribution in [0.15, 0.2) is 35.9 Å². The predicted octanol–water partition coefficient (Wildman–Crippen LogP) is 2.40. The third-order valence-corrected chi connectivity index (χ3v) is 4.01. The van der Waals surface area contributed by atoms with Crippen molar-refractivity contribution in [2.45, 2.75) is 25.2 Å². The highest BCUT2D eigenvalue weighted by Gasteiger charge is 2.37. The van der Waals surface area contributed by atoms with Crippen LogP contribution in [0.5, 0.6) is 0 Å². The maximum absolute atomic E-state index is 12.6. The lowest BCUT2D eigenvalue weighted by Crippen LogP contribution is -2.32. The van der Waals surface area contributed by atoms with E-state index in [9.17, 15) is 9.59 Å². The lowest BCUT2D eigenvalue weighted by Gasteiger charge is -2.18. The summed E-state index contributed by atoms with van der Waals surface area (Å²) in [7, 11) is 1.38. The van der Waals surface area contributed by atoms with Crippen LogP contribution in [0.4, 0.5) is 5.69 Å². The van der Waals surface area contributed by atoms with Crippen molar-refractivity contribution >= 4 is 17.6 Å². The van der Waals surface area contributed by atoms with Crippen LogP contribution in [0.1, 0.15) is 30.7 Å². The van der Waals surface area contributed by atoms with Crippen LogP contribution in [-0.4, -0.2) is 25.5 Å². The molecule has 0 bridgehead atoms. The number of methoxy groups -OCH3 is 1. The van der Waals surface area contributed by atoms with Crippen molar-refractivity contribution in [1.82, 2.24) is 0 Å². The third kappa shape index (κ3) is 2.01. The first-order valence-electron chi connectivity index (χ1n) is 6.90. The Morgan fingerprint density at radius 3 is 2.80 bits per heavy atom. The number of anilines is 1. The first kappa shape index (κ1) is 12.9. The first-order valence-corrected chi connectivity index (χ1v) is 6.90. The second-order valence-electron chi connectivity index (χ2n) is 5.17. The van der Waals surface area contributed by atoms with E-state index in [1.54, 1.807) is 4.90 Å². The fraction of sp³-hybridized carbons (Fsp3) is 0.375. The normalized spacial score (nSPS) is 20.6. The Balaban J connectivity index is 1.94. The van der Waals surface area contributed by atoms with Crippen molar-refractivity contribution in [3.63, 3.8) is 0 Å². The van der Waals surface area contributed by atoms with E-state index in [1.807, 2.05) is 30.3 Å². The minimum Gasteiger partial charge on any atom is -0.468 e. The summed E-state index contributed by atoms with van der Waals surface area (Å²) >= 11 is 0. The van der Waals surface area contributed by atoms with Crippen LogP contribution in [0.3, 0.4) is 0 Å². The molecule has 0 spiro atoms. The van der Waals surface area contributed by atoms with Gasteiger partial charge in [0.2, 0.25) is 0 Å². The number of hydrogen-bond acceptors (Lipinski definition) is 3. The molecule has 0 radical (unpaired) electrons. The fourth-order valence-corrected chi connectivity index (χ4v) is 2.98. The lowest BCUT2D eigenvalue weighted by atomic mass is 10.0. The molecule has 0 aromatic heterocycles. The molecule has 104 valence electrons. The SMILES string of the molecule is COC(=O)[C@@H]1CN(C(=O)C2=CCCC2)c2ccccc21. The van der Waals surface area contributed by atoms with Gasteiger partial charge in [0.1, 0.15) is 5.92 Å². The number of carbonyl (C=O) groups excluding carboxylic acids is 2. The number of benzene rings is 1. The van der Waals surface area contributed by atoms with Crippen molar-refractivity contribution in [3.8, 4) is 0 Å². The number of nitrogens with zero attached hydrogens (tertiary/aromatic N) is 1. The molecule has 0 fully saturated rings. The number of fused-ring (bicyclic) bond motifs is 1. The third-order valence-electron chi connectivity index (χ3n) is 4.01. The van der Waals surface area contributed by atoms with Crippen LogP contribution in [0.25, 0.3) is 0 Å². The molecular formula is C16H17NO3.